The van der Waals surface area contributed by atoms with Gasteiger partial charge in [-0.15, -0.1) is 0 Å². The number of aryl methyl sites for hydroxylation is 1. The maximum absolute atomic E-state index is 13.5. The molecule has 0 amide bonds. The summed E-state index contributed by atoms with van der Waals surface area (Å²) in [7, 11) is 1.57. The van der Waals surface area contributed by atoms with Gasteiger partial charge in [-0.1, -0.05) is 78.4 Å². The van der Waals surface area contributed by atoms with Crippen LogP contribution < -0.4 is 9.47 Å². The summed E-state index contributed by atoms with van der Waals surface area (Å²) in [6.07, 6.45) is 3.21. The Morgan fingerprint density at radius 1 is 0.811 bits per heavy atom. The van der Waals surface area contributed by atoms with Crippen molar-refractivity contribution >= 4 is 28.8 Å². The van der Waals surface area contributed by atoms with Crippen molar-refractivity contribution in [3.63, 3.8) is 0 Å². The van der Waals surface area contributed by atoms with E-state index < -0.39 is 5.97 Å². The second-order valence-corrected chi connectivity index (χ2v) is 8.56. The van der Waals surface area contributed by atoms with Crippen molar-refractivity contribution in [1.29, 1.82) is 0 Å². The minimum Gasteiger partial charge on any atom is -0.497 e. The third-order valence-electron chi connectivity index (χ3n) is 5.97. The molecule has 0 aliphatic heterocycles. The summed E-state index contributed by atoms with van der Waals surface area (Å²) in [4.78, 5) is 26.0. The summed E-state index contributed by atoms with van der Waals surface area (Å²) in [5.41, 5.74) is 4.06. The number of rotatable bonds is 7. The number of benzene rings is 4. The fourth-order valence-corrected chi connectivity index (χ4v) is 4.02. The molecule has 0 aliphatic rings. The van der Waals surface area contributed by atoms with Gasteiger partial charge in [-0.2, -0.15) is 0 Å². The number of fused-ring (bicyclic) bond motifs is 1. The van der Waals surface area contributed by atoms with Crippen LogP contribution in [0.3, 0.4) is 0 Å². The number of esters is 1. The van der Waals surface area contributed by atoms with Gasteiger partial charge < -0.3 is 13.9 Å². The topological polar surface area (TPSA) is 65.7 Å². The van der Waals surface area contributed by atoms with Crippen LogP contribution in [0.1, 0.15) is 31.8 Å². The van der Waals surface area contributed by atoms with E-state index in [1.165, 1.54) is 6.08 Å². The summed E-state index contributed by atoms with van der Waals surface area (Å²) < 4.78 is 17.2. The monoisotopic (exact) mass is 488 g/mol. The van der Waals surface area contributed by atoms with E-state index in [1.807, 2.05) is 55.5 Å². The van der Waals surface area contributed by atoms with E-state index in [-0.39, 0.29) is 5.78 Å². The molecule has 0 unspecified atom stereocenters. The number of hydrogen-bond acceptors (Lipinski definition) is 5. The Labute approximate surface area is 214 Å². The SMILES string of the molecule is COc1ccc2oc(-c3ccccc3)c(C(=O)Oc3cccc(/C=C/C(=O)c4ccc(C)cc4)c3)c2c1. The zero-order chi connectivity index (χ0) is 25.8. The molecule has 5 aromatic rings. The summed E-state index contributed by atoms with van der Waals surface area (Å²) >= 11 is 0. The molecule has 1 aromatic heterocycles. The molecule has 0 spiro atoms. The third kappa shape index (κ3) is 5.21. The van der Waals surface area contributed by atoms with Gasteiger partial charge in [-0.3, -0.25) is 4.79 Å². The number of carbonyl (C=O) groups excluding carboxylic acids is 2. The average Bonchev–Trinajstić information content (AvgIpc) is 3.32. The lowest BCUT2D eigenvalue weighted by atomic mass is 10.1. The normalized spacial score (nSPS) is 11.1. The second kappa shape index (κ2) is 10.4. The molecule has 1 heterocycles. The summed E-state index contributed by atoms with van der Waals surface area (Å²) in [5, 5.41) is 0.600. The van der Waals surface area contributed by atoms with Crippen LogP contribution in [0.15, 0.2) is 108 Å². The number of ketones is 1. The first-order valence-electron chi connectivity index (χ1n) is 11.8. The van der Waals surface area contributed by atoms with E-state index in [0.29, 0.717) is 39.4 Å². The highest BCUT2D eigenvalue weighted by atomic mass is 16.5. The van der Waals surface area contributed by atoms with E-state index in [2.05, 4.69) is 0 Å². The first-order valence-corrected chi connectivity index (χ1v) is 11.8. The molecule has 0 aliphatic carbocycles. The molecular formula is C32H24O5. The Bertz CT molecular complexity index is 1610. The van der Waals surface area contributed by atoms with Crippen molar-refractivity contribution in [2.24, 2.45) is 0 Å². The molecule has 5 nitrogen and oxygen atoms in total. The first kappa shape index (κ1) is 23.8. The molecule has 0 radical (unpaired) electrons. The number of carbonyl (C=O) groups is 2. The summed E-state index contributed by atoms with van der Waals surface area (Å²) in [5.74, 6) is 0.726. The molecule has 0 fully saturated rings. The van der Waals surface area contributed by atoms with Crippen LogP contribution in [0.4, 0.5) is 0 Å². The number of allylic oxidation sites excluding steroid dienone is 1. The van der Waals surface area contributed by atoms with E-state index in [9.17, 15) is 9.59 Å². The van der Waals surface area contributed by atoms with Gasteiger partial charge in [0.25, 0.3) is 0 Å². The largest absolute Gasteiger partial charge is 0.497 e. The van der Waals surface area contributed by atoms with Crippen molar-refractivity contribution in [3.05, 3.63) is 125 Å². The van der Waals surface area contributed by atoms with Crippen LogP contribution in [0.5, 0.6) is 11.5 Å². The quantitative estimate of drug-likeness (QED) is 0.103. The Morgan fingerprint density at radius 3 is 2.35 bits per heavy atom. The van der Waals surface area contributed by atoms with Crippen molar-refractivity contribution in [2.45, 2.75) is 6.92 Å². The Morgan fingerprint density at radius 2 is 1.59 bits per heavy atom. The summed E-state index contributed by atoms with van der Waals surface area (Å²) in [6.45, 7) is 1.97. The van der Waals surface area contributed by atoms with Gasteiger partial charge in [0.1, 0.15) is 28.4 Å². The van der Waals surface area contributed by atoms with Gasteiger partial charge in [0.2, 0.25) is 0 Å². The maximum atomic E-state index is 13.5. The van der Waals surface area contributed by atoms with Gasteiger partial charge in [-0.25, -0.2) is 4.79 Å². The highest BCUT2D eigenvalue weighted by Crippen LogP contribution is 2.36. The minimum absolute atomic E-state index is 0.103. The molecule has 0 N–H and O–H groups in total. The second-order valence-electron chi connectivity index (χ2n) is 8.56. The first-order chi connectivity index (χ1) is 18.0. The molecule has 0 bridgehead atoms. The van der Waals surface area contributed by atoms with Crippen molar-refractivity contribution in [3.8, 4) is 22.8 Å². The van der Waals surface area contributed by atoms with E-state index in [1.54, 1.807) is 61.7 Å². The van der Waals surface area contributed by atoms with Gasteiger partial charge in [0.05, 0.1) is 7.11 Å². The third-order valence-corrected chi connectivity index (χ3v) is 5.97. The molecule has 37 heavy (non-hydrogen) atoms. The highest BCUT2D eigenvalue weighted by molar-refractivity contribution is 6.10. The van der Waals surface area contributed by atoms with Gasteiger partial charge >= 0.3 is 5.97 Å². The smallest absolute Gasteiger partial charge is 0.348 e. The van der Waals surface area contributed by atoms with Gasteiger partial charge in [0.15, 0.2) is 5.78 Å². The predicted octanol–water partition coefficient (Wildman–Crippen LogP) is 7.53. The lowest BCUT2D eigenvalue weighted by Gasteiger charge is -2.07. The number of ether oxygens (including phenoxy) is 2. The van der Waals surface area contributed by atoms with Crippen molar-refractivity contribution < 1.29 is 23.5 Å². The van der Waals surface area contributed by atoms with Crippen LogP contribution in [-0.4, -0.2) is 18.9 Å². The standard InChI is InChI=1S/C32H24O5/c1-21-11-14-23(15-12-21)28(33)17-13-22-7-6-10-26(19-22)36-32(34)30-27-20-25(35-2)16-18-29(27)37-31(30)24-8-4-3-5-9-24/h3-20H,1-2H3/b17-13+. The molecular weight excluding hydrogens is 464 g/mol. The van der Waals surface area contributed by atoms with Crippen LogP contribution in [0, 0.1) is 6.92 Å². The van der Waals surface area contributed by atoms with Crippen LogP contribution in [0.2, 0.25) is 0 Å². The van der Waals surface area contributed by atoms with Gasteiger partial charge in [0, 0.05) is 16.5 Å². The maximum Gasteiger partial charge on any atom is 0.348 e. The molecule has 0 saturated carbocycles. The lowest BCUT2D eigenvalue weighted by Crippen LogP contribution is -2.09. The Balaban J connectivity index is 1.44. The number of furan rings is 1. The van der Waals surface area contributed by atoms with Crippen molar-refractivity contribution in [2.75, 3.05) is 7.11 Å². The number of hydrogen-bond donors (Lipinski definition) is 0. The Hall–Kier alpha value is -4.90. The molecule has 4 aromatic carbocycles. The Kier molecular flexibility index (Phi) is 6.68. The highest BCUT2D eigenvalue weighted by Gasteiger charge is 2.24. The summed E-state index contributed by atoms with van der Waals surface area (Å²) in [6, 6.07) is 29.2. The molecule has 5 heteroatoms. The van der Waals surface area contributed by atoms with E-state index >= 15 is 0 Å². The minimum atomic E-state index is -0.553. The fraction of sp³-hybridized carbons (Fsp3) is 0.0625. The van der Waals surface area contributed by atoms with E-state index in [0.717, 1.165) is 16.7 Å². The van der Waals surface area contributed by atoms with Crippen LogP contribution in [0.25, 0.3) is 28.4 Å². The van der Waals surface area contributed by atoms with E-state index in [4.69, 9.17) is 13.9 Å². The molecule has 0 atom stereocenters. The van der Waals surface area contributed by atoms with Crippen LogP contribution >= 0.6 is 0 Å². The van der Waals surface area contributed by atoms with Gasteiger partial charge in [-0.05, 0) is 48.9 Å². The lowest BCUT2D eigenvalue weighted by molar-refractivity contribution is 0.0736. The average molecular weight is 489 g/mol. The van der Waals surface area contributed by atoms with Crippen LogP contribution in [-0.2, 0) is 0 Å². The number of methoxy groups -OCH3 is 1. The zero-order valence-electron chi connectivity index (χ0n) is 20.4. The molecule has 0 saturated heterocycles. The predicted molar refractivity (Wildman–Crippen MR) is 144 cm³/mol. The fourth-order valence-electron chi connectivity index (χ4n) is 4.02. The molecule has 5 rings (SSSR count). The van der Waals surface area contributed by atoms with Crippen molar-refractivity contribution in [1.82, 2.24) is 0 Å². The molecule has 182 valence electrons. The zero-order valence-corrected chi connectivity index (χ0v) is 20.4.